The van der Waals surface area contributed by atoms with Crippen molar-refractivity contribution in [1.82, 2.24) is 15.1 Å². The van der Waals surface area contributed by atoms with Gasteiger partial charge >= 0.3 is 6.03 Å². The van der Waals surface area contributed by atoms with Crippen LogP contribution in [0.2, 0.25) is 0 Å². The van der Waals surface area contributed by atoms with E-state index in [-0.39, 0.29) is 35.9 Å². The molecule has 0 radical (unpaired) electrons. The first kappa shape index (κ1) is 33.3. The normalized spacial score (nSPS) is 17.5. The molecule has 1 saturated heterocycles. The first-order valence-corrected chi connectivity index (χ1v) is 16.4. The Bertz CT molecular complexity index is 1380. The van der Waals surface area contributed by atoms with Gasteiger partial charge in [-0.1, -0.05) is 36.4 Å². The van der Waals surface area contributed by atoms with E-state index < -0.39 is 0 Å². The Hall–Kier alpha value is -4.08. The number of para-hydroxylation sites is 2. The van der Waals surface area contributed by atoms with Gasteiger partial charge in [0, 0.05) is 64.0 Å². The lowest BCUT2D eigenvalue weighted by Crippen LogP contribution is -2.47. The number of hydrogen-bond acceptors (Lipinski definition) is 6. The van der Waals surface area contributed by atoms with Crippen molar-refractivity contribution >= 4 is 23.3 Å². The van der Waals surface area contributed by atoms with Gasteiger partial charge in [0.1, 0.15) is 0 Å². The highest BCUT2D eigenvalue weighted by molar-refractivity contribution is 5.99. The summed E-state index contributed by atoms with van der Waals surface area (Å²) in [6.45, 7) is 8.01. The number of amides is 3. The van der Waals surface area contributed by atoms with Crippen molar-refractivity contribution in [3.63, 3.8) is 0 Å². The number of rotatable bonds is 15. The second kappa shape index (κ2) is 16.0. The molecule has 46 heavy (non-hydrogen) atoms. The summed E-state index contributed by atoms with van der Waals surface area (Å²) in [6, 6.07) is 25.3. The maximum atomic E-state index is 14.4. The van der Waals surface area contributed by atoms with Gasteiger partial charge in [-0.05, 0) is 81.0 Å². The van der Waals surface area contributed by atoms with Crippen molar-refractivity contribution in [1.29, 1.82) is 0 Å². The second-order valence-electron chi connectivity index (χ2n) is 12.5. The van der Waals surface area contributed by atoms with Gasteiger partial charge in [-0.2, -0.15) is 0 Å². The largest absolute Gasteiger partial charge is 0.493 e. The van der Waals surface area contributed by atoms with Crippen LogP contribution in [0.3, 0.4) is 0 Å². The minimum absolute atomic E-state index is 0.00129. The number of nitrogens with one attached hydrogen (secondary N) is 1. The fourth-order valence-corrected chi connectivity index (χ4v) is 6.14. The number of carbonyl (C=O) groups excluding carboxylic acids is 2. The van der Waals surface area contributed by atoms with Crippen LogP contribution < -0.4 is 19.7 Å². The molecule has 5 rings (SSSR count). The Balaban J connectivity index is 1.32. The Kier molecular flexibility index (Phi) is 11.5. The predicted octanol–water partition coefficient (Wildman–Crippen LogP) is 6.22. The number of carbonyl (C=O) groups is 2. The second-order valence-corrected chi connectivity index (χ2v) is 12.5. The molecule has 0 spiro atoms. The van der Waals surface area contributed by atoms with Gasteiger partial charge in [-0.15, -0.1) is 0 Å². The SMILES string of the molecule is COCCCOc1cc(C(=O)N(C[C@@H]2CNC[C@@H]2CN(C(=O)N(c2ccccc2)c2ccccc2)C2CC2)C(C)C)ccc1OC. The molecular weight excluding hydrogens is 580 g/mol. The Labute approximate surface area is 273 Å². The number of ether oxygens (including phenoxy) is 3. The average molecular weight is 629 g/mol. The zero-order valence-electron chi connectivity index (χ0n) is 27.6. The zero-order valence-corrected chi connectivity index (χ0v) is 27.6. The van der Waals surface area contributed by atoms with Gasteiger partial charge in [0.05, 0.1) is 25.1 Å². The van der Waals surface area contributed by atoms with Crippen LogP contribution in [0.4, 0.5) is 16.2 Å². The summed E-state index contributed by atoms with van der Waals surface area (Å²) in [6.07, 6.45) is 2.76. The molecule has 1 heterocycles. The van der Waals surface area contributed by atoms with Crippen LogP contribution in [0, 0.1) is 11.8 Å². The summed E-state index contributed by atoms with van der Waals surface area (Å²) in [4.78, 5) is 34.2. The maximum Gasteiger partial charge on any atom is 0.329 e. The fraction of sp³-hybridized carbons (Fsp3) is 0.459. The third kappa shape index (κ3) is 8.19. The lowest BCUT2D eigenvalue weighted by Gasteiger charge is -2.35. The summed E-state index contributed by atoms with van der Waals surface area (Å²) >= 11 is 0. The van der Waals surface area contributed by atoms with Crippen molar-refractivity contribution in [3.05, 3.63) is 84.4 Å². The molecular formula is C37H48N4O5. The van der Waals surface area contributed by atoms with Gasteiger partial charge in [0.2, 0.25) is 0 Å². The summed E-state index contributed by atoms with van der Waals surface area (Å²) in [5, 5.41) is 3.56. The van der Waals surface area contributed by atoms with Gasteiger partial charge in [-0.3, -0.25) is 9.69 Å². The molecule has 9 nitrogen and oxygen atoms in total. The van der Waals surface area contributed by atoms with E-state index in [2.05, 4.69) is 24.1 Å². The van der Waals surface area contributed by atoms with Crippen LogP contribution in [0.15, 0.2) is 78.9 Å². The molecule has 3 aromatic rings. The van der Waals surface area contributed by atoms with Crippen molar-refractivity contribution < 1.29 is 23.8 Å². The molecule has 0 bridgehead atoms. The van der Waals surface area contributed by atoms with Gasteiger partial charge in [0.15, 0.2) is 11.5 Å². The fourth-order valence-electron chi connectivity index (χ4n) is 6.14. The Morgan fingerprint density at radius 3 is 2.02 bits per heavy atom. The highest BCUT2D eigenvalue weighted by Crippen LogP contribution is 2.35. The molecule has 3 aromatic carbocycles. The summed E-state index contributed by atoms with van der Waals surface area (Å²) in [7, 11) is 3.26. The van der Waals surface area contributed by atoms with Gasteiger partial charge in [-0.25, -0.2) is 4.79 Å². The van der Waals surface area contributed by atoms with E-state index in [1.54, 1.807) is 32.4 Å². The smallest absolute Gasteiger partial charge is 0.329 e. The number of anilines is 2. The Morgan fingerprint density at radius 1 is 0.826 bits per heavy atom. The van der Waals surface area contributed by atoms with Crippen LogP contribution in [-0.4, -0.2) is 87.4 Å². The van der Waals surface area contributed by atoms with Crippen molar-refractivity contribution in [3.8, 4) is 11.5 Å². The first-order valence-electron chi connectivity index (χ1n) is 16.4. The lowest BCUT2D eigenvalue weighted by atomic mass is 9.94. The minimum atomic E-state index is -0.0421. The van der Waals surface area contributed by atoms with E-state index in [4.69, 9.17) is 14.2 Å². The standard InChI is InChI=1S/C37H48N4O5/c1-27(2)39(36(42)28-16-19-34(45-4)35(22-28)46-21-11-20-44-3)25-29-23-38-24-30(29)26-40(31-17-18-31)37(43)41(32-12-7-5-8-13-32)33-14-9-6-10-15-33/h5-10,12-16,19,22,27,29-31,38H,11,17-18,20-21,23-26H2,1-4H3/t29-,30+/m0/s1. The summed E-state index contributed by atoms with van der Waals surface area (Å²) < 4.78 is 16.6. The minimum Gasteiger partial charge on any atom is -0.493 e. The molecule has 2 atom stereocenters. The number of benzene rings is 3. The quantitative estimate of drug-likeness (QED) is 0.201. The molecule has 1 aliphatic heterocycles. The van der Waals surface area contributed by atoms with Crippen LogP contribution in [-0.2, 0) is 4.74 Å². The molecule has 0 unspecified atom stereocenters. The van der Waals surface area contributed by atoms with Crippen molar-refractivity contribution in [2.45, 2.75) is 45.2 Å². The molecule has 1 N–H and O–H groups in total. The molecule has 1 saturated carbocycles. The average Bonchev–Trinajstić information content (AvgIpc) is 3.83. The van der Waals surface area contributed by atoms with Gasteiger partial charge < -0.3 is 29.3 Å². The molecule has 3 amide bonds. The van der Waals surface area contributed by atoms with Crippen molar-refractivity contribution in [2.75, 3.05) is 58.5 Å². The maximum absolute atomic E-state index is 14.4. The van der Waals surface area contributed by atoms with E-state index >= 15 is 0 Å². The van der Waals surface area contributed by atoms with Crippen LogP contribution in [0.25, 0.3) is 0 Å². The first-order chi connectivity index (χ1) is 22.4. The van der Waals surface area contributed by atoms with E-state index in [0.29, 0.717) is 43.4 Å². The third-order valence-electron chi connectivity index (χ3n) is 8.84. The van der Waals surface area contributed by atoms with Crippen molar-refractivity contribution in [2.24, 2.45) is 11.8 Å². The van der Waals surface area contributed by atoms with E-state index in [9.17, 15) is 9.59 Å². The molecule has 0 aromatic heterocycles. The molecule has 1 aliphatic carbocycles. The number of hydrogen-bond donors (Lipinski definition) is 1. The molecule has 246 valence electrons. The lowest BCUT2D eigenvalue weighted by molar-refractivity contribution is 0.0653. The molecule has 2 aliphatic rings. The number of methoxy groups -OCH3 is 2. The molecule has 2 fully saturated rings. The van der Waals surface area contributed by atoms with Crippen LogP contribution >= 0.6 is 0 Å². The third-order valence-corrected chi connectivity index (χ3v) is 8.84. The highest BCUT2D eigenvalue weighted by atomic mass is 16.5. The molecule has 9 heteroatoms. The van der Waals surface area contributed by atoms with E-state index in [1.807, 2.05) is 70.5 Å². The van der Waals surface area contributed by atoms with Crippen LogP contribution in [0.5, 0.6) is 11.5 Å². The summed E-state index contributed by atoms with van der Waals surface area (Å²) in [5.41, 5.74) is 2.27. The summed E-state index contributed by atoms with van der Waals surface area (Å²) in [5.74, 6) is 1.51. The predicted molar refractivity (Wildman–Crippen MR) is 181 cm³/mol. The zero-order chi connectivity index (χ0) is 32.5. The Morgan fingerprint density at radius 2 is 1.46 bits per heavy atom. The van der Waals surface area contributed by atoms with Crippen LogP contribution in [0.1, 0.15) is 43.5 Å². The van der Waals surface area contributed by atoms with E-state index in [0.717, 1.165) is 43.7 Å². The number of nitrogens with zero attached hydrogens (tertiary/aromatic N) is 3. The van der Waals surface area contributed by atoms with Gasteiger partial charge in [0.25, 0.3) is 5.91 Å². The monoisotopic (exact) mass is 628 g/mol. The number of urea groups is 1. The topological polar surface area (TPSA) is 83.6 Å². The highest BCUT2D eigenvalue weighted by Gasteiger charge is 2.40. The van der Waals surface area contributed by atoms with E-state index in [1.165, 1.54) is 0 Å².